The minimum absolute atomic E-state index is 0.0773. The number of benzene rings is 2. The summed E-state index contributed by atoms with van der Waals surface area (Å²) in [6, 6.07) is 13.0. The first-order valence-electron chi connectivity index (χ1n) is 10.7. The zero-order valence-electron chi connectivity index (χ0n) is 17.6. The van der Waals surface area contributed by atoms with Gasteiger partial charge in [-0.05, 0) is 61.4 Å². The molecule has 0 spiro atoms. The van der Waals surface area contributed by atoms with E-state index in [1.54, 1.807) is 24.3 Å². The minimum atomic E-state index is -0.783. The van der Waals surface area contributed by atoms with Gasteiger partial charge in [-0.2, -0.15) is 0 Å². The number of halogens is 1. The Morgan fingerprint density at radius 1 is 1.03 bits per heavy atom. The molecule has 2 aliphatic heterocycles. The van der Waals surface area contributed by atoms with Crippen LogP contribution in [0.5, 0.6) is 0 Å². The maximum Gasteiger partial charge on any atom is 0.322 e. The topological polar surface area (TPSA) is 105 Å². The highest BCUT2D eigenvalue weighted by molar-refractivity contribution is 6.30. The summed E-state index contributed by atoms with van der Waals surface area (Å²) in [6.45, 7) is 1.10. The zero-order chi connectivity index (χ0) is 22.7. The molecule has 32 heavy (non-hydrogen) atoms. The number of hydrogen-bond donors (Lipinski definition) is 4. The number of likely N-dealkylation sites (tertiary alicyclic amines) is 1. The average Bonchev–Trinajstić information content (AvgIpc) is 3.42. The van der Waals surface area contributed by atoms with E-state index in [-0.39, 0.29) is 31.5 Å². The van der Waals surface area contributed by atoms with Gasteiger partial charge in [0.1, 0.15) is 6.04 Å². The lowest BCUT2D eigenvalue weighted by Crippen LogP contribution is -2.45. The van der Waals surface area contributed by atoms with E-state index < -0.39 is 18.2 Å². The molecule has 4 N–H and O–H groups in total. The number of β-amino-alcohol motifs (C(OH)–C–C–N with tert-alkyl or cyclic N) is 1. The molecule has 2 aromatic carbocycles. The Balaban J connectivity index is 1.40. The van der Waals surface area contributed by atoms with Crippen LogP contribution in [-0.2, 0) is 4.79 Å². The highest BCUT2D eigenvalue weighted by atomic mass is 35.5. The van der Waals surface area contributed by atoms with Crippen LogP contribution >= 0.6 is 11.6 Å². The zero-order valence-corrected chi connectivity index (χ0v) is 18.3. The van der Waals surface area contributed by atoms with Crippen LogP contribution < -0.4 is 15.5 Å². The first-order valence-corrected chi connectivity index (χ1v) is 11.1. The number of amides is 3. The van der Waals surface area contributed by atoms with Gasteiger partial charge in [0.2, 0.25) is 5.91 Å². The van der Waals surface area contributed by atoms with Crippen LogP contribution in [0.3, 0.4) is 0 Å². The van der Waals surface area contributed by atoms with Gasteiger partial charge >= 0.3 is 6.03 Å². The molecule has 2 heterocycles. The number of carbonyl (C=O) groups excluding carboxylic acids is 2. The number of carbonyl (C=O) groups is 2. The predicted octanol–water partition coefficient (Wildman–Crippen LogP) is 2.91. The van der Waals surface area contributed by atoms with Gasteiger partial charge in [0.05, 0.1) is 18.8 Å². The smallest absolute Gasteiger partial charge is 0.322 e. The second-order valence-electron chi connectivity index (χ2n) is 8.20. The predicted molar refractivity (Wildman–Crippen MR) is 124 cm³/mol. The van der Waals surface area contributed by atoms with Gasteiger partial charge in [0.25, 0.3) is 0 Å². The van der Waals surface area contributed by atoms with Crippen molar-refractivity contribution in [2.24, 2.45) is 0 Å². The molecule has 3 amide bonds. The summed E-state index contributed by atoms with van der Waals surface area (Å²) in [5.74, 6) is -0.352. The summed E-state index contributed by atoms with van der Waals surface area (Å²) in [6.07, 6.45) is 1.41. The second-order valence-corrected chi connectivity index (χ2v) is 8.64. The van der Waals surface area contributed by atoms with Gasteiger partial charge in [0.15, 0.2) is 0 Å². The van der Waals surface area contributed by atoms with E-state index in [0.717, 1.165) is 25.1 Å². The first-order chi connectivity index (χ1) is 15.4. The quantitative estimate of drug-likeness (QED) is 0.551. The third kappa shape index (κ3) is 4.98. The number of rotatable bonds is 5. The molecule has 9 heteroatoms. The van der Waals surface area contributed by atoms with E-state index in [4.69, 9.17) is 11.6 Å². The first kappa shape index (κ1) is 22.4. The molecule has 0 saturated carbocycles. The standard InChI is InChI=1S/C23H27ClN4O4/c24-15-3-5-17(6-4-15)26-23(32)28-13-20(30)12-21(28)22(31)25-16-7-9-18(10-8-16)27-11-1-2-19(27)14-29/h3-10,19-21,29-30H,1-2,11-14H2,(H,25,31)(H,26,32)/t19-,20+,21+/m0/s1. The maximum atomic E-state index is 12.9. The van der Waals surface area contributed by atoms with Crippen molar-refractivity contribution in [3.63, 3.8) is 0 Å². The fraction of sp³-hybridized carbons (Fsp3) is 0.391. The molecule has 2 aromatic rings. The molecule has 2 aliphatic rings. The number of nitrogens with zero attached hydrogens (tertiary/aromatic N) is 2. The molecule has 0 radical (unpaired) electrons. The molecule has 2 saturated heterocycles. The summed E-state index contributed by atoms with van der Waals surface area (Å²) in [5.41, 5.74) is 2.16. The van der Waals surface area contributed by atoms with Crippen LogP contribution in [0.25, 0.3) is 0 Å². The number of aliphatic hydroxyl groups is 2. The third-order valence-electron chi connectivity index (χ3n) is 5.99. The molecule has 2 fully saturated rings. The van der Waals surface area contributed by atoms with Crippen molar-refractivity contribution in [3.8, 4) is 0 Å². The molecule has 3 atom stereocenters. The van der Waals surface area contributed by atoms with Gasteiger partial charge in [0, 0.05) is 41.6 Å². The summed E-state index contributed by atoms with van der Waals surface area (Å²) in [7, 11) is 0. The van der Waals surface area contributed by atoms with Gasteiger partial charge in [-0.15, -0.1) is 0 Å². The Bertz CT molecular complexity index is 953. The number of urea groups is 1. The van der Waals surface area contributed by atoms with Gasteiger partial charge in [-0.25, -0.2) is 4.79 Å². The fourth-order valence-electron chi connectivity index (χ4n) is 4.34. The van der Waals surface area contributed by atoms with Crippen LogP contribution in [0.15, 0.2) is 48.5 Å². The molecule has 0 aliphatic carbocycles. The van der Waals surface area contributed by atoms with E-state index in [2.05, 4.69) is 15.5 Å². The van der Waals surface area contributed by atoms with Crippen molar-refractivity contribution in [2.75, 3.05) is 35.2 Å². The fourth-order valence-corrected chi connectivity index (χ4v) is 4.47. The van der Waals surface area contributed by atoms with Crippen molar-refractivity contribution in [1.82, 2.24) is 4.90 Å². The molecular weight excluding hydrogens is 432 g/mol. The summed E-state index contributed by atoms with van der Waals surface area (Å²) >= 11 is 5.87. The number of anilines is 3. The Morgan fingerprint density at radius 2 is 1.69 bits per heavy atom. The van der Waals surface area contributed by atoms with Crippen molar-refractivity contribution < 1.29 is 19.8 Å². The summed E-state index contributed by atoms with van der Waals surface area (Å²) in [5, 5.41) is 25.8. The number of aliphatic hydroxyl groups excluding tert-OH is 2. The van der Waals surface area contributed by atoms with Crippen LogP contribution in [0.2, 0.25) is 5.02 Å². The van der Waals surface area contributed by atoms with Crippen LogP contribution in [0, 0.1) is 0 Å². The molecule has 0 aromatic heterocycles. The van der Waals surface area contributed by atoms with E-state index in [1.165, 1.54) is 4.90 Å². The van der Waals surface area contributed by atoms with Gasteiger partial charge in [-0.3, -0.25) is 4.79 Å². The molecule has 4 rings (SSSR count). The second kappa shape index (κ2) is 9.77. The van der Waals surface area contributed by atoms with E-state index in [0.29, 0.717) is 16.4 Å². The van der Waals surface area contributed by atoms with Crippen LogP contribution in [0.1, 0.15) is 19.3 Å². The summed E-state index contributed by atoms with van der Waals surface area (Å²) in [4.78, 5) is 29.1. The monoisotopic (exact) mass is 458 g/mol. The van der Waals surface area contributed by atoms with Crippen molar-refractivity contribution in [3.05, 3.63) is 53.6 Å². The van der Waals surface area contributed by atoms with Crippen molar-refractivity contribution >= 4 is 40.6 Å². The lowest BCUT2D eigenvalue weighted by Gasteiger charge is -2.26. The Kier molecular flexibility index (Phi) is 6.83. The van der Waals surface area contributed by atoms with E-state index >= 15 is 0 Å². The number of hydrogen-bond acceptors (Lipinski definition) is 5. The Labute approximate surface area is 191 Å². The SMILES string of the molecule is O=C(Nc1ccc(N2CCC[C@H]2CO)cc1)[C@H]1C[C@@H](O)CN1C(=O)Nc1ccc(Cl)cc1. The highest BCUT2D eigenvalue weighted by Crippen LogP contribution is 2.27. The molecule has 8 nitrogen and oxygen atoms in total. The lowest BCUT2D eigenvalue weighted by molar-refractivity contribution is -0.119. The average molecular weight is 459 g/mol. The highest BCUT2D eigenvalue weighted by Gasteiger charge is 2.39. The van der Waals surface area contributed by atoms with Crippen molar-refractivity contribution in [1.29, 1.82) is 0 Å². The Hall–Kier alpha value is -2.81. The van der Waals surface area contributed by atoms with Gasteiger partial charge in [-0.1, -0.05) is 11.6 Å². The summed E-state index contributed by atoms with van der Waals surface area (Å²) < 4.78 is 0. The minimum Gasteiger partial charge on any atom is -0.394 e. The van der Waals surface area contributed by atoms with Gasteiger partial charge < -0.3 is 30.6 Å². The lowest BCUT2D eigenvalue weighted by atomic mass is 10.1. The largest absolute Gasteiger partial charge is 0.394 e. The molecule has 0 bridgehead atoms. The normalized spacial score (nSPS) is 22.8. The third-order valence-corrected chi connectivity index (χ3v) is 6.24. The van der Waals surface area contributed by atoms with Crippen LogP contribution in [-0.4, -0.2) is 64.9 Å². The maximum absolute atomic E-state index is 12.9. The molecule has 170 valence electrons. The van der Waals surface area contributed by atoms with E-state index in [9.17, 15) is 19.8 Å². The number of nitrogens with one attached hydrogen (secondary N) is 2. The van der Waals surface area contributed by atoms with Crippen molar-refractivity contribution in [2.45, 2.75) is 37.5 Å². The Morgan fingerprint density at radius 3 is 2.38 bits per heavy atom. The molecule has 0 unspecified atom stereocenters. The van der Waals surface area contributed by atoms with Crippen LogP contribution in [0.4, 0.5) is 21.9 Å². The molecular formula is C23H27ClN4O4. The van der Waals surface area contributed by atoms with E-state index in [1.807, 2.05) is 24.3 Å².